The summed E-state index contributed by atoms with van der Waals surface area (Å²) in [5.74, 6) is 0.595. The van der Waals surface area contributed by atoms with Crippen LogP contribution in [-0.4, -0.2) is 50.5 Å². The van der Waals surface area contributed by atoms with Crippen LogP contribution in [0, 0.1) is 5.82 Å². The fourth-order valence-corrected chi connectivity index (χ4v) is 2.79. The monoisotopic (exact) mass is 470 g/mol. The summed E-state index contributed by atoms with van der Waals surface area (Å²) in [5, 5.41) is 3.44. The molecule has 0 aliphatic heterocycles. The third-order valence-corrected chi connectivity index (χ3v) is 4.17. The van der Waals surface area contributed by atoms with Crippen molar-refractivity contribution in [2.75, 3.05) is 34.7 Å². The van der Waals surface area contributed by atoms with E-state index in [1.165, 1.54) is 17.7 Å². The number of rotatable bonds is 6. The highest BCUT2D eigenvalue weighted by molar-refractivity contribution is 14.0. The van der Waals surface area contributed by atoms with Crippen molar-refractivity contribution in [3.63, 3.8) is 0 Å². The molecule has 1 unspecified atom stereocenters. The number of hydrogen-bond acceptors (Lipinski definition) is 2. The van der Waals surface area contributed by atoms with Gasteiger partial charge in [0.15, 0.2) is 5.96 Å². The van der Waals surface area contributed by atoms with E-state index in [4.69, 9.17) is 0 Å². The molecule has 26 heavy (non-hydrogen) atoms. The van der Waals surface area contributed by atoms with Crippen LogP contribution in [0.3, 0.4) is 0 Å². The van der Waals surface area contributed by atoms with Crippen LogP contribution < -0.4 is 5.32 Å². The molecule has 2 rings (SSSR count). The molecule has 0 saturated heterocycles. The Kier molecular flexibility index (Phi) is 9.58. The Balaban J connectivity index is 0.00000338. The first-order valence-corrected chi connectivity index (χ1v) is 8.39. The number of guanidine groups is 1. The largest absolute Gasteiger partial charge is 0.354 e. The first-order valence-electron chi connectivity index (χ1n) is 8.39. The van der Waals surface area contributed by atoms with Crippen LogP contribution in [-0.2, 0) is 6.54 Å². The maximum absolute atomic E-state index is 13.0. The molecule has 2 aromatic rings. The van der Waals surface area contributed by atoms with Crippen molar-refractivity contribution in [1.82, 2.24) is 15.1 Å². The van der Waals surface area contributed by atoms with E-state index in [0.29, 0.717) is 6.54 Å². The van der Waals surface area contributed by atoms with Gasteiger partial charge in [-0.3, -0.25) is 4.99 Å². The van der Waals surface area contributed by atoms with Gasteiger partial charge in [-0.15, -0.1) is 24.0 Å². The highest BCUT2D eigenvalue weighted by atomic mass is 127. The zero-order valence-electron chi connectivity index (χ0n) is 15.8. The van der Waals surface area contributed by atoms with Gasteiger partial charge in [-0.2, -0.15) is 0 Å². The third-order valence-electron chi connectivity index (χ3n) is 4.17. The van der Waals surface area contributed by atoms with Gasteiger partial charge in [0.1, 0.15) is 5.82 Å². The van der Waals surface area contributed by atoms with Crippen molar-refractivity contribution in [2.24, 2.45) is 4.99 Å². The smallest absolute Gasteiger partial charge is 0.193 e. The third kappa shape index (κ3) is 6.57. The Morgan fingerprint density at radius 1 is 1.04 bits per heavy atom. The molecule has 0 fully saturated rings. The SMILES string of the molecule is CN=C(NCC(c1ccccc1)N(C)C)N(C)Cc1ccc(F)cc1.I. The summed E-state index contributed by atoms with van der Waals surface area (Å²) in [6, 6.07) is 17.2. The van der Waals surface area contributed by atoms with Crippen molar-refractivity contribution in [3.8, 4) is 0 Å². The fourth-order valence-electron chi connectivity index (χ4n) is 2.79. The Labute approximate surface area is 173 Å². The van der Waals surface area contributed by atoms with E-state index < -0.39 is 0 Å². The standard InChI is InChI=1S/C20H27FN4.HI/c1-22-20(25(4)15-16-10-12-18(21)13-11-16)23-14-19(24(2)3)17-8-6-5-7-9-17;/h5-13,19H,14-15H2,1-4H3,(H,22,23);1H. The van der Waals surface area contributed by atoms with Gasteiger partial charge in [0.05, 0.1) is 6.04 Å². The number of hydrogen-bond donors (Lipinski definition) is 1. The highest BCUT2D eigenvalue weighted by Crippen LogP contribution is 2.16. The average molecular weight is 470 g/mol. The van der Waals surface area contributed by atoms with E-state index in [1.54, 1.807) is 19.2 Å². The van der Waals surface area contributed by atoms with E-state index in [1.807, 2.05) is 18.0 Å². The van der Waals surface area contributed by atoms with Crippen LogP contribution in [0.15, 0.2) is 59.6 Å². The quantitative estimate of drug-likeness (QED) is 0.397. The van der Waals surface area contributed by atoms with Gasteiger partial charge < -0.3 is 15.1 Å². The molecule has 2 aromatic carbocycles. The highest BCUT2D eigenvalue weighted by Gasteiger charge is 2.15. The van der Waals surface area contributed by atoms with Crippen LogP contribution in [0.1, 0.15) is 17.2 Å². The van der Waals surface area contributed by atoms with Crippen LogP contribution >= 0.6 is 24.0 Å². The molecule has 0 aliphatic rings. The average Bonchev–Trinajstić information content (AvgIpc) is 2.61. The van der Waals surface area contributed by atoms with Crippen LogP contribution in [0.2, 0.25) is 0 Å². The minimum atomic E-state index is -0.217. The van der Waals surface area contributed by atoms with Crippen LogP contribution in [0.5, 0.6) is 0 Å². The molecule has 0 bridgehead atoms. The minimum Gasteiger partial charge on any atom is -0.354 e. The molecule has 0 heterocycles. The molecule has 1 atom stereocenters. The molecule has 0 aromatic heterocycles. The number of aliphatic imine (C=N–C) groups is 1. The van der Waals surface area contributed by atoms with Gasteiger partial charge >= 0.3 is 0 Å². The van der Waals surface area contributed by atoms with Crippen molar-refractivity contribution < 1.29 is 4.39 Å². The van der Waals surface area contributed by atoms with E-state index in [9.17, 15) is 4.39 Å². The lowest BCUT2D eigenvalue weighted by molar-refractivity contribution is 0.295. The molecule has 4 nitrogen and oxygen atoms in total. The Bertz CT molecular complexity index is 674. The predicted molar refractivity (Wildman–Crippen MR) is 118 cm³/mol. The zero-order chi connectivity index (χ0) is 18.2. The van der Waals surface area contributed by atoms with Gasteiger partial charge in [0.2, 0.25) is 0 Å². The lowest BCUT2D eigenvalue weighted by Crippen LogP contribution is -2.42. The number of halogens is 2. The fraction of sp³-hybridized carbons (Fsp3) is 0.350. The molecule has 0 radical (unpaired) electrons. The Morgan fingerprint density at radius 3 is 2.19 bits per heavy atom. The van der Waals surface area contributed by atoms with Gasteiger partial charge in [0, 0.05) is 27.2 Å². The summed E-state index contributed by atoms with van der Waals surface area (Å²) in [5.41, 5.74) is 2.30. The zero-order valence-corrected chi connectivity index (χ0v) is 18.1. The summed E-state index contributed by atoms with van der Waals surface area (Å²) in [6.07, 6.45) is 0. The summed E-state index contributed by atoms with van der Waals surface area (Å²) < 4.78 is 13.0. The lowest BCUT2D eigenvalue weighted by Gasteiger charge is -2.28. The van der Waals surface area contributed by atoms with E-state index >= 15 is 0 Å². The van der Waals surface area contributed by atoms with Crippen molar-refractivity contribution in [1.29, 1.82) is 0 Å². The predicted octanol–water partition coefficient (Wildman–Crippen LogP) is 3.75. The second-order valence-electron chi connectivity index (χ2n) is 6.30. The maximum atomic E-state index is 13.0. The second-order valence-corrected chi connectivity index (χ2v) is 6.30. The Hall–Kier alpha value is -1.67. The lowest BCUT2D eigenvalue weighted by atomic mass is 10.1. The number of nitrogens with zero attached hydrogens (tertiary/aromatic N) is 3. The van der Waals surface area contributed by atoms with Gasteiger partial charge in [-0.25, -0.2) is 4.39 Å². The molecule has 0 spiro atoms. The normalized spacial score (nSPS) is 12.5. The molecular weight excluding hydrogens is 442 g/mol. The molecular formula is C20H28FIN4. The van der Waals surface area contributed by atoms with Gasteiger partial charge in [0.25, 0.3) is 0 Å². The summed E-state index contributed by atoms with van der Waals surface area (Å²) in [4.78, 5) is 8.59. The molecule has 0 saturated carbocycles. The van der Waals surface area contributed by atoms with E-state index in [2.05, 4.69) is 53.6 Å². The number of benzene rings is 2. The molecule has 0 aliphatic carbocycles. The van der Waals surface area contributed by atoms with E-state index in [-0.39, 0.29) is 35.8 Å². The number of likely N-dealkylation sites (N-methyl/N-ethyl adjacent to an activating group) is 1. The van der Waals surface area contributed by atoms with Crippen LogP contribution in [0.25, 0.3) is 0 Å². The first-order chi connectivity index (χ1) is 12.0. The summed E-state index contributed by atoms with van der Waals surface area (Å²) in [7, 11) is 7.90. The molecule has 0 amide bonds. The molecule has 6 heteroatoms. The maximum Gasteiger partial charge on any atom is 0.193 e. The van der Waals surface area contributed by atoms with Gasteiger partial charge in [-0.05, 0) is 37.4 Å². The minimum absolute atomic E-state index is 0. The second kappa shape index (κ2) is 11.1. The van der Waals surface area contributed by atoms with E-state index in [0.717, 1.165) is 18.1 Å². The first kappa shape index (κ1) is 22.4. The summed E-state index contributed by atoms with van der Waals surface area (Å²) >= 11 is 0. The van der Waals surface area contributed by atoms with Gasteiger partial charge in [-0.1, -0.05) is 42.5 Å². The molecule has 142 valence electrons. The van der Waals surface area contributed by atoms with Crippen molar-refractivity contribution in [2.45, 2.75) is 12.6 Å². The summed E-state index contributed by atoms with van der Waals surface area (Å²) in [6.45, 7) is 1.41. The molecule has 1 N–H and O–H groups in total. The Morgan fingerprint density at radius 2 is 1.65 bits per heavy atom. The van der Waals surface area contributed by atoms with Crippen molar-refractivity contribution in [3.05, 3.63) is 71.5 Å². The van der Waals surface area contributed by atoms with Crippen molar-refractivity contribution >= 4 is 29.9 Å². The number of nitrogens with one attached hydrogen (secondary N) is 1. The topological polar surface area (TPSA) is 30.9 Å². The van der Waals surface area contributed by atoms with Crippen LogP contribution in [0.4, 0.5) is 4.39 Å².